The molecule has 0 radical (unpaired) electrons. The van der Waals surface area contributed by atoms with Crippen LogP contribution in [0.2, 0.25) is 0 Å². The van der Waals surface area contributed by atoms with Gasteiger partial charge in [0.15, 0.2) is 0 Å². The van der Waals surface area contributed by atoms with Gasteiger partial charge in [-0.1, -0.05) is 61.0 Å². The Balaban J connectivity index is 1.54. The fraction of sp³-hybridized carbons (Fsp3) is 0.432. The van der Waals surface area contributed by atoms with E-state index in [1.807, 2.05) is 32.9 Å². The molecule has 3 aromatic carbocycles. The molecule has 0 N–H and O–H groups in total. The van der Waals surface area contributed by atoms with E-state index < -0.39 is 5.41 Å². The third-order valence-electron chi connectivity index (χ3n) is 8.69. The highest BCUT2D eigenvalue weighted by Crippen LogP contribution is 2.52. The van der Waals surface area contributed by atoms with Crippen LogP contribution in [0, 0.1) is 23.2 Å². The van der Waals surface area contributed by atoms with Gasteiger partial charge in [-0.15, -0.1) is 0 Å². The summed E-state index contributed by atoms with van der Waals surface area (Å²) >= 11 is 0. The molecule has 0 spiro atoms. The number of rotatable bonds is 10. The van der Waals surface area contributed by atoms with Crippen molar-refractivity contribution in [2.45, 2.75) is 52.9 Å². The van der Waals surface area contributed by atoms with E-state index in [0.717, 1.165) is 42.0 Å². The third-order valence-corrected chi connectivity index (χ3v) is 8.69. The molecule has 5 rings (SSSR count). The smallest absolute Gasteiger partial charge is 0.316 e. The van der Waals surface area contributed by atoms with Crippen molar-refractivity contribution in [2.24, 2.45) is 23.2 Å². The van der Waals surface area contributed by atoms with Crippen LogP contribution >= 0.6 is 0 Å². The molecule has 2 saturated carbocycles. The van der Waals surface area contributed by atoms with Crippen LogP contribution < -0.4 is 9.47 Å². The molecule has 2 fully saturated rings. The van der Waals surface area contributed by atoms with Crippen LogP contribution in [0.25, 0.3) is 11.1 Å². The Kier molecular flexibility index (Phi) is 8.99. The molecule has 2 aliphatic rings. The average Bonchev–Trinajstić information content (AvgIpc) is 3.58. The number of likely N-dealkylation sites (N-methyl/N-ethyl adjacent to an activating group) is 1. The minimum Gasteiger partial charge on any atom is -0.492 e. The lowest BCUT2D eigenvalue weighted by molar-refractivity contribution is -0.143. The van der Waals surface area contributed by atoms with Crippen LogP contribution in [0.15, 0.2) is 78.9 Å². The Bertz CT molecular complexity index is 1330. The van der Waals surface area contributed by atoms with Gasteiger partial charge in [0, 0.05) is 6.54 Å². The van der Waals surface area contributed by atoms with Crippen LogP contribution in [0.1, 0.15) is 69.6 Å². The Hall–Kier alpha value is -3.37. The first-order chi connectivity index (χ1) is 19.7. The standard InChI is InChI=1S/C37H45NO3/c1-37(2,3)36(39)41-33-19-15-29(16-20-33)35(28-13-17-32(18-14-28)40-22-21-38(4)5)34(27-9-7-6-8-10-27)25-31-24-26-11-12-30(31)23-26/h6-10,13-20,26,30-31H,11-12,21-25H2,1-5H3/b35-34+. The minimum atomic E-state index is -0.554. The summed E-state index contributed by atoms with van der Waals surface area (Å²) in [6.07, 6.45) is 6.59. The molecule has 4 nitrogen and oxygen atoms in total. The molecule has 3 unspecified atom stereocenters. The highest BCUT2D eigenvalue weighted by molar-refractivity contribution is 5.99. The number of hydrogen-bond acceptors (Lipinski definition) is 4. The van der Waals surface area contributed by atoms with E-state index in [1.165, 1.54) is 48.0 Å². The van der Waals surface area contributed by atoms with Gasteiger partial charge in [0.2, 0.25) is 0 Å². The molecule has 3 aromatic rings. The zero-order valence-electron chi connectivity index (χ0n) is 25.4. The second-order valence-corrected chi connectivity index (χ2v) is 13.2. The van der Waals surface area contributed by atoms with Crippen LogP contribution in [0.5, 0.6) is 11.5 Å². The van der Waals surface area contributed by atoms with Crippen LogP contribution in [-0.2, 0) is 4.79 Å². The van der Waals surface area contributed by atoms with E-state index in [0.29, 0.717) is 12.4 Å². The van der Waals surface area contributed by atoms with Crippen LogP contribution in [-0.4, -0.2) is 38.1 Å². The molecule has 0 heterocycles. The van der Waals surface area contributed by atoms with Gasteiger partial charge >= 0.3 is 5.97 Å². The van der Waals surface area contributed by atoms with Crippen molar-refractivity contribution in [3.8, 4) is 11.5 Å². The van der Waals surface area contributed by atoms with Crippen LogP contribution in [0.3, 0.4) is 0 Å². The number of carbonyl (C=O) groups excluding carboxylic acids is 1. The molecule has 0 saturated heterocycles. The van der Waals surface area contributed by atoms with Crippen molar-refractivity contribution in [3.05, 3.63) is 95.6 Å². The Morgan fingerprint density at radius 1 is 0.805 bits per heavy atom. The van der Waals surface area contributed by atoms with Crippen molar-refractivity contribution in [1.29, 1.82) is 0 Å². The van der Waals surface area contributed by atoms with E-state index in [2.05, 4.69) is 85.7 Å². The fourth-order valence-corrected chi connectivity index (χ4v) is 6.42. The second kappa shape index (κ2) is 12.7. The maximum atomic E-state index is 12.5. The first-order valence-corrected chi connectivity index (χ1v) is 15.2. The van der Waals surface area contributed by atoms with E-state index in [1.54, 1.807) is 0 Å². The highest BCUT2D eigenvalue weighted by Gasteiger charge is 2.40. The van der Waals surface area contributed by atoms with E-state index in [-0.39, 0.29) is 5.97 Å². The second-order valence-electron chi connectivity index (χ2n) is 13.2. The van der Waals surface area contributed by atoms with E-state index in [9.17, 15) is 4.79 Å². The van der Waals surface area contributed by atoms with Crippen molar-refractivity contribution in [2.75, 3.05) is 27.2 Å². The van der Waals surface area contributed by atoms with Crippen molar-refractivity contribution < 1.29 is 14.3 Å². The Morgan fingerprint density at radius 2 is 1.44 bits per heavy atom. The zero-order chi connectivity index (χ0) is 29.0. The van der Waals surface area contributed by atoms with Gasteiger partial charge in [0.05, 0.1) is 5.41 Å². The maximum absolute atomic E-state index is 12.5. The van der Waals surface area contributed by atoms with Gasteiger partial charge in [-0.3, -0.25) is 4.79 Å². The Labute approximate surface area is 246 Å². The topological polar surface area (TPSA) is 38.8 Å². The van der Waals surface area contributed by atoms with Crippen molar-refractivity contribution in [1.82, 2.24) is 4.90 Å². The van der Waals surface area contributed by atoms with Gasteiger partial charge in [-0.2, -0.15) is 0 Å². The quantitative estimate of drug-likeness (QED) is 0.144. The number of nitrogens with zero attached hydrogens (tertiary/aromatic N) is 1. The largest absolute Gasteiger partial charge is 0.492 e. The molecule has 216 valence electrons. The van der Waals surface area contributed by atoms with Crippen LogP contribution in [0.4, 0.5) is 0 Å². The fourth-order valence-electron chi connectivity index (χ4n) is 6.42. The lowest BCUT2D eigenvalue weighted by atomic mass is 9.79. The number of esters is 1. The number of fused-ring (bicyclic) bond motifs is 2. The molecule has 3 atom stereocenters. The number of allylic oxidation sites excluding steroid dienone is 1. The molecule has 2 bridgehead atoms. The molecular formula is C37H45NO3. The van der Waals surface area contributed by atoms with Gasteiger partial charge in [0.1, 0.15) is 18.1 Å². The minimum absolute atomic E-state index is 0.230. The number of hydrogen-bond donors (Lipinski definition) is 0. The van der Waals surface area contributed by atoms with Gasteiger partial charge in [-0.05, 0) is 130 Å². The summed E-state index contributed by atoms with van der Waals surface area (Å²) in [5.41, 5.74) is 5.66. The number of benzene rings is 3. The molecule has 0 aliphatic heterocycles. The summed E-state index contributed by atoms with van der Waals surface area (Å²) < 4.78 is 11.7. The average molecular weight is 552 g/mol. The summed E-state index contributed by atoms with van der Waals surface area (Å²) in [7, 11) is 4.11. The lowest BCUT2D eigenvalue weighted by Gasteiger charge is -2.26. The van der Waals surface area contributed by atoms with Crippen molar-refractivity contribution >= 4 is 17.1 Å². The highest BCUT2D eigenvalue weighted by atomic mass is 16.5. The monoisotopic (exact) mass is 551 g/mol. The first-order valence-electron chi connectivity index (χ1n) is 15.2. The zero-order valence-corrected chi connectivity index (χ0v) is 25.4. The van der Waals surface area contributed by atoms with Gasteiger partial charge in [-0.25, -0.2) is 0 Å². The summed E-state index contributed by atoms with van der Waals surface area (Å²) in [6.45, 7) is 7.16. The summed E-state index contributed by atoms with van der Waals surface area (Å²) in [5, 5.41) is 0. The molecule has 4 heteroatoms. The summed E-state index contributed by atoms with van der Waals surface area (Å²) in [5.74, 6) is 3.69. The molecule has 41 heavy (non-hydrogen) atoms. The van der Waals surface area contributed by atoms with Gasteiger partial charge in [0.25, 0.3) is 0 Å². The number of ether oxygens (including phenoxy) is 2. The predicted octanol–water partition coefficient (Wildman–Crippen LogP) is 8.36. The SMILES string of the molecule is CN(C)CCOc1ccc(/C(=C(/CC2CC3CCC2C3)c2ccccc2)c2ccc(OC(=O)C(C)(C)C)cc2)cc1. The lowest BCUT2D eigenvalue weighted by Crippen LogP contribution is -2.25. The maximum Gasteiger partial charge on any atom is 0.316 e. The summed E-state index contributed by atoms with van der Waals surface area (Å²) in [4.78, 5) is 14.6. The molecule has 2 aliphatic carbocycles. The molecular weight excluding hydrogens is 506 g/mol. The molecule has 0 aromatic heterocycles. The van der Waals surface area contributed by atoms with Gasteiger partial charge < -0.3 is 14.4 Å². The summed E-state index contributed by atoms with van der Waals surface area (Å²) in [6, 6.07) is 27.5. The normalized spacial score (nSPS) is 20.7. The molecule has 0 amide bonds. The predicted molar refractivity (Wildman–Crippen MR) is 168 cm³/mol. The van der Waals surface area contributed by atoms with Crippen molar-refractivity contribution in [3.63, 3.8) is 0 Å². The Morgan fingerprint density at radius 3 is 1.98 bits per heavy atom. The first kappa shape index (κ1) is 29.1. The third kappa shape index (κ3) is 7.29. The van der Waals surface area contributed by atoms with E-state index >= 15 is 0 Å². The number of carbonyl (C=O) groups is 1. The van der Waals surface area contributed by atoms with E-state index in [4.69, 9.17) is 9.47 Å².